The lowest BCUT2D eigenvalue weighted by Crippen LogP contribution is -2.37. The number of methoxy groups -OCH3 is 1. The van der Waals surface area contributed by atoms with Crippen LogP contribution < -0.4 is 15.4 Å². The van der Waals surface area contributed by atoms with Gasteiger partial charge in [-0.15, -0.1) is 24.0 Å². The fourth-order valence-electron chi connectivity index (χ4n) is 1.64. The van der Waals surface area contributed by atoms with Crippen LogP contribution in [-0.2, 0) is 6.54 Å². The molecular weight excluding hydrogens is 355 g/mol. The van der Waals surface area contributed by atoms with Gasteiger partial charge in [0.25, 0.3) is 0 Å². The molecule has 1 fully saturated rings. The molecule has 5 nitrogen and oxygen atoms in total. The van der Waals surface area contributed by atoms with Gasteiger partial charge in [-0.1, -0.05) is 0 Å². The summed E-state index contributed by atoms with van der Waals surface area (Å²) in [6.07, 6.45) is 4.42. The Labute approximate surface area is 131 Å². The maximum Gasteiger partial charge on any atom is 0.213 e. The maximum absolute atomic E-state index is 5.09. The summed E-state index contributed by atoms with van der Waals surface area (Å²) < 4.78 is 5.09. The molecule has 19 heavy (non-hydrogen) atoms. The van der Waals surface area contributed by atoms with Gasteiger partial charge in [-0.2, -0.15) is 0 Å². The molecule has 106 valence electrons. The van der Waals surface area contributed by atoms with Crippen molar-refractivity contribution in [3.05, 3.63) is 23.9 Å². The van der Waals surface area contributed by atoms with Gasteiger partial charge in [-0.25, -0.2) is 4.98 Å². The van der Waals surface area contributed by atoms with Crippen molar-refractivity contribution in [1.82, 2.24) is 15.6 Å². The van der Waals surface area contributed by atoms with Gasteiger partial charge >= 0.3 is 0 Å². The first-order valence-electron chi connectivity index (χ1n) is 6.25. The first-order chi connectivity index (χ1) is 8.81. The molecule has 0 amide bonds. The highest BCUT2D eigenvalue weighted by atomic mass is 127. The van der Waals surface area contributed by atoms with E-state index < -0.39 is 0 Å². The zero-order valence-electron chi connectivity index (χ0n) is 11.3. The minimum atomic E-state index is 0. The molecule has 2 N–H and O–H groups in total. The number of hydrogen-bond donors (Lipinski definition) is 2. The molecular formula is C13H21IN4O. The van der Waals surface area contributed by atoms with Crippen LogP contribution in [0, 0.1) is 5.92 Å². The molecule has 1 heterocycles. The minimum absolute atomic E-state index is 0. The number of ether oxygens (including phenoxy) is 1. The molecule has 1 aliphatic carbocycles. The van der Waals surface area contributed by atoms with Gasteiger partial charge in [0.15, 0.2) is 5.96 Å². The van der Waals surface area contributed by atoms with Crippen LogP contribution in [0.3, 0.4) is 0 Å². The zero-order valence-corrected chi connectivity index (χ0v) is 13.7. The van der Waals surface area contributed by atoms with Gasteiger partial charge in [0, 0.05) is 32.4 Å². The summed E-state index contributed by atoms with van der Waals surface area (Å²) in [4.78, 5) is 8.27. The molecule has 0 aromatic carbocycles. The molecule has 6 heteroatoms. The molecule has 0 unspecified atom stereocenters. The summed E-state index contributed by atoms with van der Waals surface area (Å²) in [6, 6.07) is 3.88. The molecule has 1 aliphatic rings. The number of nitrogens with zero attached hydrogens (tertiary/aromatic N) is 2. The van der Waals surface area contributed by atoms with Crippen molar-refractivity contribution in [1.29, 1.82) is 0 Å². The predicted octanol–water partition coefficient (Wildman–Crippen LogP) is 1.78. The van der Waals surface area contributed by atoms with E-state index in [1.54, 1.807) is 20.4 Å². The summed E-state index contributed by atoms with van der Waals surface area (Å²) in [7, 11) is 3.41. The highest BCUT2D eigenvalue weighted by Crippen LogP contribution is 2.27. The van der Waals surface area contributed by atoms with Crippen LogP contribution >= 0.6 is 24.0 Å². The van der Waals surface area contributed by atoms with E-state index in [0.717, 1.165) is 24.0 Å². The van der Waals surface area contributed by atoms with Crippen LogP contribution in [0.4, 0.5) is 0 Å². The first kappa shape index (κ1) is 16.0. The fourth-order valence-corrected chi connectivity index (χ4v) is 1.64. The Morgan fingerprint density at radius 2 is 2.26 bits per heavy atom. The number of halogens is 1. The van der Waals surface area contributed by atoms with Crippen LogP contribution in [0.15, 0.2) is 23.3 Å². The molecule has 1 saturated carbocycles. The Morgan fingerprint density at radius 1 is 1.47 bits per heavy atom. The monoisotopic (exact) mass is 376 g/mol. The molecule has 0 saturated heterocycles. The summed E-state index contributed by atoms with van der Waals surface area (Å²) in [5.74, 6) is 2.32. The van der Waals surface area contributed by atoms with Gasteiger partial charge in [0.2, 0.25) is 5.88 Å². The Kier molecular flexibility index (Phi) is 6.90. The lowest BCUT2D eigenvalue weighted by molar-refractivity contribution is 0.397. The number of guanidine groups is 1. The van der Waals surface area contributed by atoms with E-state index in [9.17, 15) is 0 Å². The second kappa shape index (κ2) is 8.19. The highest BCUT2D eigenvalue weighted by molar-refractivity contribution is 14.0. The van der Waals surface area contributed by atoms with Gasteiger partial charge in [-0.3, -0.25) is 4.99 Å². The fraction of sp³-hybridized carbons (Fsp3) is 0.538. The van der Waals surface area contributed by atoms with E-state index in [1.807, 2.05) is 12.1 Å². The van der Waals surface area contributed by atoms with Crippen molar-refractivity contribution < 1.29 is 4.74 Å². The predicted molar refractivity (Wildman–Crippen MR) is 87.1 cm³/mol. The Balaban J connectivity index is 0.00000180. The summed E-state index contributed by atoms with van der Waals surface area (Å²) in [6.45, 7) is 1.72. The summed E-state index contributed by atoms with van der Waals surface area (Å²) in [5.41, 5.74) is 1.12. The van der Waals surface area contributed by atoms with E-state index in [1.165, 1.54) is 12.8 Å². The van der Waals surface area contributed by atoms with Crippen LogP contribution in [0.2, 0.25) is 0 Å². The van der Waals surface area contributed by atoms with E-state index in [2.05, 4.69) is 20.6 Å². The number of aliphatic imine (C=N–C) groups is 1. The van der Waals surface area contributed by atoms with Gasteiger partial charge in [0.1, 0.15) is 0 Å². The quantitative estimate of drug-likeness (QED) is 0.467. The number of pyridine rings is 1. The van der Waals surface area contributed by atoms with E-state index in [0.29, 0.717) is 12.4 Å². The third-order valence-electron chi connectivity index (χ3n) is 2.95. The average Bonchev–Trinajstić information content (AvgIpc) is 3.23. The molecule has 2 rings (SSSR count). The first-order valence-corrected chi connectivity index (χ1v) is 6.25. The van der Waals surface area contributed by atoms with Crippen molar-refractivity contribution in [2.24, 2.45) is 10.9 Å². The van der Waals surface area contributed by atoms with Crippen molar-refractivity contribution in [2.75, 3.05) is 20.7 Å². The maximum atomic E-state index is 5.09. The lowest BCUT2D eigenvalue weighted by Gasteiger charge is -2.11. The third kappa shape index (κ3) is 5.63. The van der Waals surface area contributed by atoms with Crippen LogP contribution in [0.5, 0.6) is 5.88 Å². The molecule has 0 aliphatic heterocycles. The van der Waals surface area contributed by atoms with E-state index in [4.69, 9.17) is 4.74 Å². The molecule has 0 bridgehead atoms. The van der Waals surface area contributed by atoms with Gasteiger partial charge in [-0.05, 0) is 30.4 Å². The second-order valence-corrected chi connectivity index (χ2v) is 4.46. The van der Waals surface area contributed by atoms with Crippen LogP contribution in [0.1, 0.15) is 18.4 Å². The van der Waals surface area contributed by atoms with E-state index >= 15 is 0 Å². The summed E-state index contributed by atoms with van der Waals surface area (Å²) in [5, 5.41) is 6.60. The standard InChI is InChI=1S/C13H20N4O.HI/c1-14-13(16-8-10-3-4-10)17-9-11-5-6-15-12(7-11)18-2;/h5-7,10H,3-4,8-9H2,1-2H3,(H2,14,16,17);1H. The van der Waals surface area contributed by atoms with Crippen molar-refractivity contribution in [3.8, 4) is 5.88 Å². The largest absolute Gasteiger partial charge is 0.481 e. The molecule has 0 spiro atoms. The second-order valence-electron chi connectivity index (χ2n) is 4.46. The van der Waals surface area contributed by atoms with Crippen molar-refractivity contribution >= 4 is 29.9 Å². The average molecular weight is 376 g/mol. The van der Waals surface area contributed by atoms with Gasteiger partial charge in [0.05, 0.1) is 7.11 Å². The smallest absolute Gasteiger partial charge is 0.213 e. The number of nitrogens with one attached hydrogen (secondary N) is 2. The SMILES string of the molecule is CN=C(NCc1ccnc(OC)c1)NCC1CC1.I. The van der Waals surface area contributed by atoms with Crippen LogP contribution in [0.25, 0.3) is 0 Å². The van der Waals surface area contributed by atoms with Crippen molar-refractivity contribution in [3.63, 3.8) is 0 Å². The topological polar surface area (TPSA) is 58.5 Å². The Morgan fingerprint density at radius 3 is 2.89 bits per heavy atom. The normalized spacial score (nSPS) is 14.5. The number of rotatable bonds is 5. The molecule has 1 aromatic rings. The molecule has 1 aromatic heterocycles. The summed E-state index contributed by atoms with van der Waals surface area (Å²) >= 11 is 0. The minimum Gasteiger partial charge on any atom is -0.481 e. The third-order valence-corrected chi connectivity index (χ3v) is 2.95. The molecule has 0 radical (unpaired) electrons. The van der Waals surface area contributed by atoms with Crippen LogP contribution in [-0.4, -0.2) is 31.6 Å². The van der Waals surface area contributed by atoms with E-state index in [-0.39, 0.29) is 24.0 Å². The molecule has 0 atom stereocenters. The Bertz CT molecular complexity index is 421. The lowest BCUT2D eigenvalue weighted by atomic mass is 10.2. The number of hydrogen-bond acceptors (Lipinski definition) is 3. The van der Waals surface area contributed by atoms with Gasteiger partial charge < -0.3 is 15.4 Å². The van der Waals surface area contributed by atoms with Crippen molar-refractivity contribution in [2.45, 2.75) is 19.4 Å². The highest BCUT2D eigenvalue weighted by Gasteiger charge is 2.20. The zero-order chi connectivity index (χ0) is 12.8. The number of aromatic nitrogens is 1. The Hall–Kier alpha value is -1.05.